The Morgan fingerprint density at radius 1 is 0.971 bits per heavy atom. The van der Waals surface area contributed by atoms with E-state index in [1.165, 1.54) is 41.1 Å². The number of sulfonamides is 1. The highest BCUT2D eigenvalue weighted by Crippen LogP contribution is 2.24. The van der Waals surface area contributed by atoms with Crippen LogP contribution < -0.4 is 5.32 Å². The van der Waals surface area contributed by atoms with Crippen LogP contribution in [0.15, 0.2) is 53.4 Å². The molecule has 0 spiro atoms. The van der Waals surface area contributed by atoms with Crippen molar-refractivity contribution in [3.8, 4) is 0 Å². The van der Waals surface area contributed by atoms with E-state index in [0.29, 0.717) is 38.0 Å². The molecule has 2 aromatic rings. The minimum Gasteiger partial charge on any atom is -0.352 e. The molecule has 184 valence electrons. The summed E-state index contributed by atoms with van der Waals surface area (Å²) in [6.07, 6.45) is 0.968. The summed E-state index contributed by atoms with van der Waals surface area (Å²) in [6, 6.07) is 14.2. The Morgan fingerprint density at radius 2 is 1.56 bits per heavy atom. The van der Waals surface area contributed by atoms with Crippen molar-refractivity contribution < 1.29 is 18.0 Å². The van der Waals surface area contributed by atoms with Gasteiger partial charge >= 0.3 is 0 Å². The summed E-state index contributed by atoms with van der Waals surface area (Å²) in [5.74, 6) is -0.339. The number of nitrogens with one attached hydrogen (secondary N) is 1. The first kappa shape index (κ1) is 26.1. The zero-order valence-corrected chi connectivity index (χ0v) is 21.1. The van der Waals surface area contributed by atoms with Crippen molar-refractivity contribution in [1.82, 2.24) is 14.5 Å². The third kappa shape index (κ3) is 6.31. The molecular formula is C26H35N3O4S. The lowest BCUT2D eigenvalue weighted by Crippen LogP contribution is -2.42. The number of amides is 1. The first-order valence-corrected chi connectivity index (χ1v) is 13.4. The maximum atomic E-state index is 13.0. The molecule has 1 fully saturated rings. The quantitative estimate of drug-likeness (QED) is 0.521. The number of Topliss-reactive ketones (excluding diaryl/α,β-unsaturated/α-hetero) is 1. The second kappa shape index (κ2) is 11.7. The molecule has 1 saturated heterocycles. The smallest absolute Gasteiger partial charge is 0.243 e. The molecule has 8 heteroatoms. The maximum absolute atomic E-state index is 13.0. The number of carbonyl (C=O) groups excluding carboxylic acids is 2. The highest BCUT2D eigenvalue weighted by molar-refractivity contribution is 7.89. The second-order valence-corrected chi connectivity index (χ2v) is 10.6. The second-order valence-electron chi connectivity index (χ2n) is 8.71. The third-order valence-electron chi connectivity index (χ3n) is 6.58. The largest absolute Gasteiger partial charge is 0.352 e. The number of piperidine rings is 1. The van der Waals surface area contributed by atoms with Gasteiger partial charge in [0.2, 0.25) is 15.9 Å². The van der Waals surface area contributed by atoms with Crippen molar-refractivity contribution in [2.75, 3.05) is 26.2 Å². The van der Waals surface area contributed by atoms with Crippen LogP contribution in [0.5, 0.6) is 0 Å². The summed E-state index contributed by atoms with van der Waals surface area (Å²) in [4.78, 5) is 26.8. The van der Waals surface area contributed by atoms with Gasteiger partial charge in [0, 0.05) is 37.7 Å². The van der Waals surface area contributed by atoms with E-state index < -0.39 is 10.0 Å². The van der Waals surface area contributed by atoms with E-state index in [4.69, 9.17) is 0 Å². The monoisotopic (exact) mass is 485 g/mol. The topological polar surface area (TPSA) is 86.8 Å². The fourth-order valence-electron chi connectivity index (χ4n) is 4.27. The van der Waals surface area contributed by atoms with Crippen molar-refractivity contribution >= 4 is 21.7 Å². The molecule has 0 saturated carbocycles. The molecule has 1 N–H and O–H groups in total. The lowest BCUT2D eigenvalue weighted by Gasteiger charge is -2.30. The van der Waals surface area contributed by atoms with E-state index in [-0.39, 0.29) is 22.5 Å². The molecular weight excluding hydrogens is 450 g/mol. The van der Waals surface area contributed by atoms with Crippen molar-refractivity contribution in [1.29, 1.82) is 0 Å². The van der Waals surface area contributed by atoms with Gasteiger partial charge in [-0.15, -0.1) is 0 Å². The Balaban J connectivity index is 1.56. The Labute approximate surface area is 203 Å². The van der Waals surface area contributed by atoms with Gasteiger partial charge < -0.3 is 5.32 Å². The number of nitrogens with zero attached hydrogens (tertiary/aromatic N) is 2. The van der Waals surface area contributed by atoms with Gasteiger partial charge in [-0.2, -0.15) is 4.31 Å². The molecule has 1 aliphatic heterocycles. The van der Waals surface area contributed by atoms with Crippen LogP contribution in [0.3, 0.4) is 0 Å². The average molecular weight is 486 g/mol. The molecule has 1 aliphatic rings. The maximum Gasteiger partial charge on any atom is 0.243 e. The van der Waals surface area contributed by atoms with Crippen LogP contribution in [0.2, 0.25) is 0 Å². The first-order valence-electron chi connectivity index (χ1n) is 11.9. The molecule has 0 radical (unpaired) electrons. The zero-order valence-electron chi connectivity index (χ0n) is 20.3. The Hall–Kier alpha value is -2.55. The number of hydrogen-bond acceptors (Lipinski definition) is 5. The summed E-state index contributed by atoms with van der Waals surface area (Å²) in [7, 11) is -3.65. The van der Waals surface area contributed by atoms with Gasteiger partial charge in [-0.1, -0.05) is 50.2 Å². The predicted octanol–water partition coefficient (Wildman–Crippen LogP) is 3.45. The van der Waals surface area contributed by atoms with Crippen LogP contribution in [0.1, 0.15) is 55.1 Å². The number of rotatable bonds is 10. The first-order chi connectivity index (χ1) is 16.3. The number of ketones is 1. The molecule has 0 aliphatic carbocycles. The third-order valence-corrected chi connectivity index (χ3v) is 8.50. The van der Waals surface area contributed by atoms with E-state index in [1.54, 1.807) is 0 Å². The number of carbonyl (C=O) groups is 2. The standard InChI is InChI=1S/C26H35N3O4S/c1-4-28(5-2)19-24-9-7-6-8-23(24)18-27-26(31)22-14-16-29(17-15-22)34(32,33)25-12-10-21(11-13-25)20(3)30/h6-13,22H,4-5,14-19H2,1-3H3,(H,27,31). The Bertz CT molecular complexity index is 1090. The molecule has 3 rings (SSSR count). The summed E-state index contributed by atoms with van der Waals surface area (Å²) in [6.45, 7) is 9.59. The molecule has 7 nitrogen and oxygen atoms in total. The molecule has 1 heterocycles. The van der Waals surface area contributed by atoms with Gasteiger partial charge in [-0.25, -0.2) is 8.42 Å². The minimum atomic E-state index is -3.65. The number of benzene rings is 2. The molecule has 2 aromatic carbocycles. The van der Waals surface area contributed by atoms with Gasteiger partial charge in [0.05, 0.1) is 4.90 Å². The molecule has 0 atom stereocenters. The molecule has 0 unspecified atom stereocenters. The summed E-state index contributed by atoms with van der Waals surface area (Å²) in [5.41, 5.74) is 2.80. The molecule has 34 heavy (non-hydrogen) atoms. The fraction of sp³-hybridized carbons (Fsp3) is 0.462. The SMILES string of the molecule is CCN(CC)Cc1ccccc1CNC(=O)C1CCN(S(=O)(=O)c2ccc(C(C)=O)cc2)CC1. The van der Waals surface area contributed by atoms with Gasteiger partial charge in [0.15, 0.2) is 5.78 Å². The minimum absolute atomic E-state index is 0.0273. The van der Waals surface area contributed by atoms with Crippen LogP contribution in [0, 0.1) is 5.92 Å². The average Bonchev–Trinajstić information content (AvgIpc) is 2.86. The van der Waals surface area contributed by atoms with Crippen LogP contribution in [-0.4, -0.2) is 55.5 Å². The van der Waals surface area contributed by atoms with E-state index >= 15 is 0 Å². The van der Waals surface area contributed by atoms with Gasteiger partial charge in [0.1, 0.15) is 0 Å². The van der Waals surface area contributed by atoms with E-state index in [1.807, 2.05) is 18.2 Å². The van der Waals surface area contributed by atoms with Crippen LogP contribution in [0.4, 0.5) is 0 Å². The van der Waals surface area contributed by atoms with Crippen molar-refractivity contribution in [3.63, 3.8) is 0 Å². The van der Waals surface area contributed by atoms with Crippen LogP contribution >= 0.6 is 0 Å². The highest BCUT2D eigenvalue weighted by atomic mass is 32.2. The fourth-order valence-corrected chi connectivity index (χ4v) is 5.74. The lowest BCUT2D eigenvalue weighted by molar-refractivity contribution is -0.126. The van der Waals surface area contributed by atoms with Gasteiger partial charge in [0.25, 0.3) is 0 Å². The van der Waals surface area contributed by atoms with Gasteiger partial charge in [-0.05, 0) is 56.1 Å². The molecule has 1 amide bonds. The Kier molecular flexibility index (Phi) is 8.99. The Morgan fingerprint density at radius 3 is 2.12 bits per heavy atom. The van der Waals surface area contributed by atoms with Crippen LogP contribution in [-0.2, 0) is 27.9 Å². The van der Waals surface area contributed by atoms with Gasteiger partial charge in [-0.3, -0.25) is 14.5 Å². The van der Waals surface area contributed by atoms with Crippen molar-refractivity contribution in [2.24, 2.45) is 5.92 Å². The lowest BCUT2D eigenvalue weighted by atomic mass is 9.97. The number of hydrogen-bond donors (Lipinski definition) is 1. The van der Waals surface area contributed by atoms with Crippen LogP contribution in [0.25, 0.3) is 0 Å². The summed E-state index contributed by atoms with van der Waals surface area (Å²) < 4.78 is 27.4. The van der Waals surface area contributed by atoms with E-state index in [0.717, 1.165) is 25.2 Å². The normalized spacial score (nSPS) is 15.4. The van der Waals surface area contributed by atoms with E-state index in [2.05, 4.69) is 30.1 Å². The van der Waals surface area contributed by atoms with Crippen molar-refractivity contribution in [2.45, 2.75) is 51.6 Å². The van der Waals surface area contributed by atoms with Crippen molar-refractivity contribution in [3.05, 3.63) is 65.2 Å². The molecule has 0 aromatic heterocycles. The zero-order chi connectivity index (χ0) is 24.7. The van der Waals surface area contributed by atoms with E-state index in [9.17, 15) is 18.0 Å². The summed E-state index contributed by atoms with van der Waals surface area (Å²) in [5, 5.41) is 3.06. The highest BCUT2D eigenvalue weighted by Gasteiger charge is 2.32. The molecule has 0 bridgehead atoms. The summed E-state index contributed by atoms with van der Waals surface area (Å²) >= 11 is 0. The predicted molar refractivity (Wildman–Crippen MR) is 133 cm³/mol.